The Morgan fingerprint density at radius 2 is 2.08 bits per heavy atom. The molecule has 0 aliphatic heterocycles. The van der Waals surface area contributed by atoms with Crippen molar-refractivity contribution < 1.29 is 4.79 Å². The lowest BCUT2D eigenvalue weighted by atomic mass is 9.97. The van der Waals surface area contributed by atoms with Gasteiger partial charge in [-0.25, -0.2) is 0 Å². The maximum Gasteiger partial charge on any atom is 0.135 e. The van der Waals surface area contributed by atoms with E-state index in [9.17, 15) is 4.79 Å². The molecule has 2 heteroatoms. The summed E-state index contributed by atoms with van der Waals surface area (Å²) in [6, 6.07) is 0. The highest BCUT2D eigenvalue weighted by atomic mass is 16.1. The molecule has 70 valence electrons. The molecule has 0 unspecified atom stereocenters. The van der Waals surface area contributed by atoms with Crippen LogP contribution in [0.5, 0.6) is 0 Å². The molecule has 2 nitrogen and oxygen atoms in total. The Balaban J connectivity index is 3.61. The lowest BCUT2D eigenvalue weighted by molar-refractivity contribution is -0.119. The van der Waals surface area contributed by atoms with Crippen molar-refractivity contribution in [2.75, 3.05) is 0 Å². The van der Waals surface area contributed by atoms with Crippen molar-refractivity contribution >= 4 is 5.78 Å². The molecule has 0 fully saturated rings. The summed E-state index contributed by atoms with van der Waals surface area (Å²) < 4.78 is 0. The molecule has 0 aliphatic carbocycles. The zero-order valence-electron chi connectivity index (χ0n) is 8.26. The van der Waals surface area contributed by atoms with E-state index < -0.39 is 0 Å². The second-order valence-electron chi connectivity index (χ2n) is 3.81. The summed E-state index contributed by atoms with van der Waals surface area (Å²) in [4.78, 5) is 11.2. The fraction of sp³-hybridized carbons (Fsp3) is 0.700. The molecule has 0 amide bonds. The van der Waals surface area contributed by atoms with Gasteiger partial charge in [0.1, 0.15) is 5.78 Å². The predicted octanol–water partition coefficient (Wildman–Crippen LogP) is 2.04. The molecule has 0 heterocycles. The monoisotopic (exact) mass is 169 g/mol. The van der Waals surface area contributed by atoms with E-state index >= 15 is 0 Å². The van der Waals surface area contributed by atoms with Crippen LogP contribution in [0, 0.1) is 0 Å². The first kappa shape index (κ1) is 11.4. The minimum absolute atomic E-state index is 0.251. The molecule has 0 saturated carbocycles. The molecule has 0 aromatic carbocycles. The molecule has 0 aliphatic rings. The van der Waals surface area contributed by atoms with E-state index in [-0.39, 0.29) is 11.3 Å². The highest BCUT2D eigenvalue weighted by molar-refractivity contribution is 5.79. The van der Waals surface area contributed by atoms with E-state index in [1.54, 1.807) is 0 Å². The summed E-state index contributed by atoms with van der Waals surface area (Å²) >= 11 is 0. The summed E-state index contributed by atoms with van der Waals surface area (Å²) in [6.45, 7) is 5.71. The minimum Gasteiger partial charge on any atom is -0.325 e. The average molecular weight is 169 g/mol. The van der Waals surface area contributed by atoms with Gasteiger partial charge in [-0.3, -0.25) is 4.79 Å². The van der Waals surface area contributed by atoms with Gasteiger partial charge in [0.2, 0.25) is 0 Å². The Kier molecular flexibility index (Phi) is 4.83. The van der Waals surface area contributed by atoms with Crippen LogP contribution in [0.25, 0.3) is 0 Å². The highest BCUT2D eigenvalue weighted by Crippen LogP contribution is 2.07. The summed E-state index contributed by atoms with van der Waals surface area (Å²) in [5, 5.41) is 0. The molecule has 0 atom stereocenters. The van der Waals surface area contributed by atoms with Crippen LogP contribution in [0.2, 0.25) is 0 Å². The van der Waals surface area contributed by atoms with Gasteiger partial charge in [0.05, 0.1) is 0 Å². The first-order valence-electron chi connectivity index (χ1n) is 4.37. The van der Waals surface area contributed by atoms with Gasteiger partial charge < -0.3 is 5.73 Å². The fourth-order valence-corrected chi connectivity index (χ4v) is 1.01. The van der Waals surface area contributed by atoms with Crippen molar-refractivity contribution in [3.63, 3.8) is 0 Å². The number of ketones is 1. The predicted molar refractivity (Wildman–Crippen MR) is 51.9 cm³/mol. The third-order valence-corrected chi connectivity index (χ3v) is 1.48. The first-order chi connectivity index (χ1) is 5.45. The number of Topliss-reactive ketones (excluding diaryl/α,β-unsaturated/α-hetero) is 1. The van der Waals surface area contributed by atoms with Crippen LogP contribution in [0.1, 0.15) is 40.0 Å². The number of hydrogen-bond acceptors (Lipinski definition) is 2. The molecule has 0 aromatic heterocycles. The van der Waals surface area contributed by atoms with Crippen molar-refractivity contribution in [1.82, 2.24) is 0 Å². The normalized spacial score (nSPS) is 12.3. The third-order valence-electron chi connectivity index (χ3n) is 1.48. The fourth-order valence-electron chi connectivity index (χ4n) is 1.01. The largest absolute Gasteiger partial charge is 0.325 e. The Hall–Kier alpha value is -0.630. The Morgan fingerprint density at radius 1 is 1.50 bits per heavy atom. The van der Waals surface area contributed by atoms with Gasteiger partial charge in [0.25, 0.3) is 0 Å². The summed E-state index contributed by atoms with van der Waals surface area (Å²) in [7, 11) is 0. The number of hydrogen-bond donors (Lipinski definition) is 1. The number of rotatable bonds is 5. The zero-order chi connectivity index (χ0) is 9.61. The molecule has 0 aromatic rings. The lowest BCUT2D eigenvalue weighted by Crippen LogP contribution is -2.34. The molecule has 0 spiro atoms. The summed E-state index contributed by atoms with van der Waals surface area (Å²) in [5.41, 5.74) is 5.35. The Labute approximate surface area is 74.8 Å². The zero-order valence-corrected chi connectivity index (χ0v) is 8.26. The van der Waals surface area contributed by atoms with Crippen LogP contribution in [0.15, 0.2) is 12.2 Å². The maximum absolute atomic E-state index is 11.2. The topological polar surface area (TPSA) is 43.1 Å². The van der Waals surface area contributed by atoms with E-state index in [1.165, 1.54) is 0 Å². The van der Waals surface area contributed by atoms with Gasteiger partial charge in [0.15, 0.2) is 0 Å². The van der Waals surface area contributed by atoms with Crippen molar-refractivity contribution in [3.05, 3.63) is 12.2 Å². The number of carbonyl (C=O) groups excluding carboxylic acids is 1. The van der Waals surface area contributed by atoms with Crippen LogP contribution in [0.4, 0.5) is 0 Å². The van der Waals surface area contributed by atoms with Gasteiger partial charge in [-0.1, -0.05) is 12.2 Å². The van der Waals surface area contributed by atoms with E-state index in [0.29, 0.717) is 12.8 Å². The number of carbonyl (C=O) groups is 1. The van der Waals surface area contributed by atoms with Crippen LogP contribution in [-0.4, -0.2) is 11.3 Å². The van der Waals surface area contributed by atoms with Crippen molar-refractivity contribution in [1.29, 1.82) is 0 Å². The first-order valence-corrected chi connectivity index (χ1v) is 4.37. The van der Waals surface area contributed by atoms with Gasteiger partial charge >= 0.3 is 0 Å². The second kappa shape index (κ2) is 5.09. The quantitative estimate of drug-likeness (QED) is 0.640. The van der Waals surface area contributed by atoms with Crippen molar-refractivity contribution in [2.45, 2.75) is 45.6 Å². The molecular formula is C10H19NO. The van der Waals surface area contributed by atoms with Crippen molar-refractivity contribution in [2.24, 2.45) is 5.73 Å². The van der Waals surface area contributed by atoms with Crippen LogP contribution < -0.4 is 5.73 Å². The van der Waals surface area contributed by atoms with Crippen LogP contribution >= 0.6 is 0 Å². The van der Waals surface area contributed by atoms with E-state index in [1.807, 2.05) is 32.9 Å². The smallest absolute Gasteiger partial charge is 0.135 e. The Morgan fingerprint density at radius 3 is 2.50 bits per heavy atom. The molecule has 0 bridgehead atoms. The van der Waals surface area contributed by atoms with Gasteiger partial charge in [-0.05, 0) is 27.2 Å². The minimum atomic E-state index is -0.354. The van der Waals surface area contributed by atoms with Crippen LogP contribution in [-0.2, 0) is 4.79 Å². The molecule has 0 radical (unpaired) electrons. The second-order valence-corrected chi connectivity index (χ2v) is 3.81. The van der Waals surface area contributed by atoms with Gasteiger partial charge in [-0.15, -0.1) is 0 Å². The van der Waals surface area contributed by atoms with Crippen molar-refractivity contribution in [3.8, 4) is 0 Å². The SMILES string of the molecule is CC=CCCC(=O)CC(C)(C)N. The molecule has 0 saturated heterocycles. The average Bonchev–Trinajstić information content (AvgIpc) is 1.84. The molecule has 0 rings (SSSR count). The van der Waals surface area contributed by atoms with Gasteiger partial charge in [0, 0.05) is 18.4 Å². The lowest BCUT2D eigenvalue weighted by Gasteiger charge is -2.16. The molecule has 12 heavy (non-hydrogen) atoms. The highest BCUT2D eigenvalue weighted by Gasteiger charge is 2.15. The van der Waals surface area contributed by atoms with Gasteiger partial charge in [-0.2, -0.15) is 0 Å². The summed E-state index contributed by atoms with van der Waals surface area (Å²) in [5.74, 6) is 0.251. The molecule has 2 N–H and O–H groups in total. The third kappa shape index (κ3) is 7.48. The van der Waals surface area contributed by atoms with E-state index in [2.05, 4.69) is 0 Å². The standard InChI is InChI=1S/C10H19NO/c1-4-5-6-7-9(12)8-10(2,3)11/h4-5H,6-8,11H2,1-3H3. The Bertz CT molecular complexity index is 165. The molecular weight excluding hydrogens is 150 g/mol. The van der Waals surface area contributed by atoms with Crippen LogP contribution in [0.3, 0.4) is 0 Å². The maximum atomic E-state index is 11.2. The van der Waals surface area contributed by atoms with E-state index in [4.69, 9.17) is 5.73 Å². The van der Waals surface area contributed by atoms with E-state index in [0.717, 1.165) is 6.42 Å². The number of nitrogens with two attached hydrogens (primary N) is 1. The summed E-state index contributed by atoms with van der Waals surface area (Å²) in [6.07, 6.45) is 5.89. The number of allylic oxidation sites excluding steroid dienone is 2.